The van der Waals surface area contributed by atoms with Crippen LogP contribution in [0, 0.1) is 6.92 Å². The maximum atomic E-state index is 10.7. The molecule has 0 atom stereocenters. The highest BCUT2D eigenvalue weighted by atomic mass is 16.3. The zero-order chi connectivity index (χ0) is 25.7. The van der Waals surface area contributed by atoms with Crippen LogP contribution in [0.2, 0.25) is 0 Å². The Bertz CT molecular complexity index is 807. The van der Waals surface area contributed by atoms with Crippen LogP contribution in [0.3, 0.4) is 0 Å². The molecule has 0 saturated carbocycles. The molecular weight excluding hydrogens is 416 g/mol. The molecule has 3 nitrogen and oxygen atoms in total. The van der Waals surface area contributed by atoms with Gasteiger partial charge >= 0.3 is 0 Å². The first kappa shape index (κ1) is 28.4. The molecule has 0 spiro atoms. The minimum atomic E-state index is 0.315. The van der Waals surface area contributed by atoms with Gasteiger partial charge in [0, 0.05) is 26.2 Å². The van der Waals surface area contributed by atoms with Gasteiger partial charge in [0.1, 0.15) is 5.75 Å². The van der Waals surface area contributed by atoms with E-state index in [1.54, 1.807) is 0 Å². The van der Waals surface area contributed by atoms with E-state index < -0.39 is 0 Å². The summed E-state index contributed by atoms with van der Waals surface area (Å²) in [7, 11) is 4.43. The molecule has 0 fully saturated rings. The van der Waals surface area contributed by atoms with Gasteiger partial charge in [0.15, 0.2) is 0 Å². The second-order valence-electron chi connectivity index (χ2n) is 11.6. The standard InChI is InChI=1S/C31H50N2O/c1-20(2)27-14-25(15-28(21(3)4)24(27)9)18-32(10)12-13-33(11)19-26-16-29(22(5)6)31(34)30(17-26)23(7)8/h14-17,20-23,34H,12-13,18-19H2,1-11H3. The van der Waals surface area contributed by atoms with Crippen molar-refractivity contribution in [3.8, 4) is 5.75 Å². The fourth-order valence-electron chi connectivity index (χ4n) is 4.95. The van der Waals surface area contributed by atoms with E-state index in [9.17, 15) is 5.11 Å². The summed E-state index contributed by atoms with van der Waals surface area (Å²) in [5.41, 5.74) is 9.27. The van der Waals surface area contributed by atoms with Crippen LogP contribution in [-0.2, 0) is 13.1 Å². The van der Waals surface area contributed by atoms with E-state index in [-0.39, 0.29) is 0 Å². The number of benzene rings is 2. The maximum absolute atomic E-state index is 10.7. The third-order valence-electron chi connectivity index (χ3n) is 7.03. The lowest BCUT2D eigenvalue weighted by Gasteiger charge is -2.25. The molecule has 0 aliphatic heterocycles. The molecule has 2 aromatic rings. The smallest absolute Gasteiger partial charge is 0.122 e. The fourth-order valence-corrected chi connectivity index (χ4v) is 4.95. The molecule has 0 unspecified atom stereocenters. The largest absolute Gasteiger partial charge is 0.507 e. The second-order valence-corrected chi connectivity index (χ2v) is 11.6. The van der Waals surface area contributed by atoms with E-state index in [2.05, 4.69) is 110 Å². The summed E-state index contributed by atoms with van der Waals surface area (Å²) >= 11 is 0. The van der Waals surface area contributed by atoms with Crippen LogP contribution in [0.25, 0.3) is 0 Å². The molecule has 0 radical (unpaired) electrons. The van der Waals surface area contributed by atoms with Crippen molar-refractivity contribution >= 4 is 0 Å². The van der Waals surface area contributed by atoms with Crippen LogP contribution in [-0.4, -0.2) is 42.1 Å². The number of rotatable bonds is 11. The highest BCUT2D eigenvalue weighted by Gasteiger charge is 2.17. The second kappa shape index (κ2) is 12.2. The molecule has 0 amide bonds. The molecule has 1 N–H and O–H groups in total. The molecule has 2 rings (SSSR count). The Balaban J connectivity index is 2.07. The molecule has 2 aromatic carbocycles. The zero-order valence-corrected chi connectivity index (χ0v) is 23.8. The number of hydrogen-bond acceptors (Lipinski definition) is 3. The minimum Gasteiger partial charge on any atom is -0.507 e. The van der Waals surface area contributed by atoms with E-state index in [1.165, 1.54) is 27.8 Å². The normalized spacial score (nSPS) is 12.4. The number of nitrogens with zero attached hydrogens (tertiary/aromatic N) is 2. The van der Waals surface area contributed by atoms with Crippen LogP contribution in [0.1, 0.15) is 118 Å². The quantitative estimate of drug-likeness (QED) is 0.366. The Kier molecular flexibility index (Phi) is 10.2. The first-order valence-electron chi connectivity index (χ1n) is 13.2. The van der Waals surface area contributed by atoms with E-state index in [1.807, 2.05) is 0 Å². The number of aromatic hydroxyl groups is 1. The summed E-state index contributed by atoms with van der Waals surface area (Å²) in [4.78, 5) is 4.83. The summed E-state index contributed by atoms with van der Waals surface area (Å²) in [6, 6.07) is 9.23. The van der Waals surface area contributed by atoms with Crippen LogP contribution >= 0.6 is 0 Å². The van der Waals surface area contributed by atoms with E-state index in [0.717, 1.165) is 37.3 Å². The van der Waals surface area contributed by atoms with Gasteiger partial charge in [0.25, 0.3) is 0 Å². The lowest BCUT2D eigenvalue weighted by atomic mass is 9.87. The van der Waals surface area contributed by atoms with Crippen molar-refractivity contribution in [2.75, 3.05) is 27.2 Å². The molecule has 3 heteroatoms. The number of phenols is 1. The van der Waals surface area contributed by atoms with E-state index >= 15 is 0 Å². The molecular formula is C31H50N2O. The monoisotopic (exact) mass is 466 g/mol. The summed E-state index contributed by atoms with van der Waals surface area (Å²) in [5, 5.41) is 10.7. The maximum Gasteiger partial charge on any atom is 0.122 e. The molecule has 0 bridgehead atoms. The van der Waals surface area contributed by atoms with E-state index in [4.69, 9.17) is 0 Å². The predicted molar refractivity (Wildman–Crippen MR) is 148 cm³/mol. The first-order valence-corrected chi connectivity index (χ1v) is 13.2. The first-order chi connectivity index (χ1) is 15.8. The summed E-state index contributed by atoms with van der Waals surface area (Å²) in [6.45, 7) is 24.0. The molecule has 0 saturated heterocycles. The molecule has 0 heterocycles. The molecule has 190 valence electrons. The van der Waals surface area contributed by atoms with Crippen molar-refractivity contribution in [1.82, 2.24) is 9.80 Å². The van der Waals surface area contributed by atoms with Crippen LogP contribution in [0.4, 0.5) is 0 Å². The van der Waals surface area contributed by atoms with Gasteiger partial charge in [-0.15, -0.1) is 0 Å². The minimum absolute atomic E-state index is 0.315. The van der Waals surface area contributed by atoms with Gasteiger partial charge in [-0.25, -0.2) is 0 Å². The average molecular weight is 467 g/mol. The van der Waals surface area contributed by atoms with Gasteiger partial charge in [-0.2, -0.15) is 0 Å². The number of phenolic OH excluding ortho intramolecular Hbond substituents is 1. The molecule has 34 heavy (non-hydrogen) atoms. The SMILES string of the molecule is Cc1c(C(C)C)cc(CN(C)CCN(C)Cc2cc(C(C)C)c(O)c(C(C)C)c2)cc1C(C)C. The number of hydrogen-bond donors (Lipinski definition) is 1. The average Bonchev–Trinajstić information content (AvgIpc) is 2.73. The highest BCUT2D eigenvalue weighted by Crippen LogP contribution is 2.35. The van der Waals surface area contributed by atoms with Gasteiger partial charge in [0.2, 0.25) is 0 Å². The van der Waals surface area contributed by atoms with Gasteiger partial charge in [-0.3, -0.25) is 0 Å². The molecule has 0 aliphatic carbocycles. The third-order valence-corrected chi connectivity index (χ3v) is 7.03. The number of likely N-dealkylation sites (N-methyl/N-ethyl adjacent to an activating group) is 2. The van der Waals surface area contributed by atoms with Gasteiger partial charge in [0.05, 0.1) is 0 Å². The van der Waals surface area contributed by atoms with Crippen LogP contribution in [0.15, 0.2) is 24.3 Å². The summed E-state index contributed by atoms with van der Waals surface area (Å²) < 4.78 is 0. The van der Waals surface area contributed by atoms with Crippen molar-refractivity contribution in [3.05, 3.63) is 63.2 Å². The molecule has 0 aliphatic rings. The Morgan fingerprint density at radius 3 is 1.18 bits per heavy atom. The molecule has 0 aromatic heterocycles. The van der Waals surface area contributed by atoms with E-state index in [0.29, 0.717) is 29.4 Å². The fraction of sp³-hybridized carbons (Fsp3) is 0.613. The van der Waals surface area contributed by atoms with Gasteiger partial charge in [-0.1, -0.05) is 79.7 Å². The van der Waals surface area contributed by atoms with Crippen molar-refractivity contribution < 1.29 is 5.11 Å². The lowest BCUT2D eigenvalue weighted by molar-refractivity contribution is 0.247. The predicted octanol–water partition coefficient (Wildman–Crippen LogP) is 7.76. The van der Waals surface area contributed by atoms with Crippen LogP contribution < -0.4 is 0 Å². The van der Waals surface area contributed by atoms with Crippen molar-refractivity contribution in [2.45, 2.75) is 99.1 Å². The summed E-state index contributed by atoms with van der Waals surface area (Å²) in [6.07, 6.45) is 0. The Hall–Kier alpha value is -1.84. The topological polar surface area (TPSA) is 26.7 Å². The highest BCUT2D eigenvalue weighted by molar-refractivity contribution is 5.47. The Morgan fingerprint density at radius 1 is 0.588 bits per heavy atom. The zero-order valence-electron chi connectivity index (χ0n) is 23.8. The Labute approximate surface area is 210 Å². The van der Waals surface area contributed by atoms with Crippen molar-refractivity contribution in [3.63, 3.8) is 0 Å². The summed E-state index contributed by atoms with van der Waals surface area (Å²) in [5.74, 6) is 2.21. The van der Waals surface area contributed by atoms with Crippen LogP contribution in [0.5, 0.6) is 5.75 Å². The Morgan fingerprint density at radius 2 is 0.882 bits per heavy atom. The van der Waals surface area contributed by atoms with Gasteiger partial charge in [-0.05, 0) is 83.6 Å². The third kappa shape index (κ3) is 7.33. The lowest BCUT2D eigenvalue weighted by Crippen LogP contribution is -2.30. The van der Waals surface area contributed by atoms with Crippen molar-refractivity contribution in [1.29, 1.82) is 0 Å². The van der Waals surface area contributed by atoms with Crippen molar-refractivity contribution in [2.24, 2.45) is 0 Å². The van der Waals surface area contributed by atoms with Gasteiger partial charge < -0.3 is 14.9 Å².